The van der Waals surface area contributed by atoms with Gasteiger partial charge in [-0.1, -0.05) is 61.2 Å². The van der Waals surface area contributed by atoms with Crippen molar-refractivity contribution in [1.82, 2.24) is 4.72 Å². The maximum atomic E-state index is 3.80. The minimum atomic E-state index is 0.748. The van der Waals surface area contributed by atoms with Crippen LogP contribution >= 0.6 is 12.8 Å². The van der Waals surface area contributed by atoms with E-state index in [2.05, 4.69) is 59.8 Å². The van der Waals surface area contributed by atoms with E-state index in [1.54, 1.807) is 0 Å². The van der Waals surface area contributed by atoms with Gasteiger partial charge in [0.25, 0.3) is 0 Å². The van der Waals surface area contributed by atoms with Crippen LogP contribution < -0.4 is 4.72 Å². The van der Waals surface area contributed by atoms with E-state index in [1.165, 1.54) is 16.3 Å². The normalized spacial score (nSPS) is 9.40. The fraction of sp³-hybridized carbons (Fsp3) is 0.0769. The van der Waals surface area contributed by atoms with Crippen molar-refractivity contribution in [2.45, 2.75) is 6.42 Å². The molecule has 0 heterocycles. The highest BCUT2D eigenvalue weighted by Crippen LogP contribution is 2.15. The molecule has 15 heavy (non-hydrogen) atoms. The summed E-state index contributed by atoms with van der Waals surface area (Å²) in [4.78, 5) is 0. The van der Waals surface area contributed by atoms with Gasteiger partial charge < -0.3 is 0 Å². The Morgan fingerprint density at radius 1 is 1.07 bits per heavy atom. The summed E-state index contributed by atoms with van der Waals surface area (Å²) in [5.74, 6) is 2.98. The third kappa shape index (κ3) is 2.45. The van der Waals surface area contributed by atoms with E-state index in [1.807, 2.05) is 12.1 Å². The number of fused-ring (bicyclic) bond motifs is 1. The Kier molecular flexibility index (Phi) is 3.16. The molecule has 0 amide bonds. The summed E-state index contributed by atoms with van der Waals surface area (Å²) >= 11 is 3.80. The quantitative estimate of drug-likeness (QED) is 0.422. The summed E-state index contributed by atoms with van der Waals surface area (Å²) in [6, 6.07) is 17.4. The summed E-state index contributed by atoms with van der Waals surface area (Å²) in [5.41, 5.74) is 1.23. The SMILES string of the molecule is SNC#CCc1ccc2ccccc2c1. The van der Waals surface area contributed by atoms with Crippen molar-refractivity contribution in [3.8, 4) is 12.0 Å². The summed E-state index contributed by atoms with van der Waals surface area (Å²) in [6.45, 7) is 0. The maximum Gasteiger partial charge on any atom is 0.0359 e. The van der Waals surface area contributed by atoms with Crippen LogP contribution in [0.3, 0.4) is 0 Å². The molecule has 0 fully saturated rings. The first-order valence-corrected chi connectivity index (χ1v) is 5.19. The van der Waals surface area contributed by atoms with Crippen LogP contribution in [0, 0.1) is 12.0 Å². The topological polar surface area (TPSA) is 12.0 Å². The smallest absolute Gasteiger partial charge is 0.0359 e. The van der Waals surface area contributed by atoms with Crippen molar-refractivity contribution in [3.63, 3.8) is 0 Å². The zero-order chi connectivity index (χ0) is 10.5. The number of rotatable bonds is 1. The molecule has 0 saturated carbocycles. The molecule has 0 aliphatic rings. The van der Waals surface area contributed by atoms with Gasteiger partial charge in [0.1, 0.15) is 0 Å². The molecule has 74 valence electrons. The number of hydrogen-bond donors (Lipinski definition) is 2. The second-order valence-corrected chi connectivity index (χ2v) is 3.50. The fourth-order valence-corrected chi connectivity index (χ4v) is 1.61. The summed E-state index contributed by atoms with van der Waals surface area (Å²) in [5, 5.41) is 2.53. The lowest BCUT2D eigenvalue weighted by Gasteiger charge is -1.99. The Hall–Kier alpha value is -1.59. The molecule has 2 heteroatoms. The van der Waals surface area contributed by atoms with Gasteiger partial charge in [-0.15, -0.1) is 0 Å². The van der Waals surface area contributed by atoms with E-state index in [9.17, 15) is 0 Å². The van der Waals surface area contributed by atoms with Gasteiger partial charge in [-0.25, -0.2) is 0 Å². The molecule has 2 aromatic rings. The van der Waals surface area contributed by atoms with Crippen molar-refractivity contribution >= 4 is 23.6 Å². The summed E-state index contributed by atoms with van der Waals surface area (Å²) in [6.07, 6.45) is 0.748. The van der Waals surface area contributed by atoms with Crippen LogP contribution in [-0.2, 0) is 6.42 Å². The molecule has 0 unspecified atom stereocenters. The van der Waals surface area contributed by atoms with Crippen molar-refractivity contribution in [2.75, 3.05) is 0 Å². The molecule has 0 spiro atoms. The molecule has 2 rings (SSSR count). The minimum absolute atomic E-state index is 0.748. The molecule has 1 nitrogen and oxygen atoms in total. The van der Waals surface area contributed by atoms with Crippen molar-refractivity contribution in [3.05, 3.63) is 48.0 Å². The van der Waals surface area contributed by atoms with Crippen molar-refractivity contribution < 1.29 is 0 Å². The fourth-order valence-electron chi connectivity index (χ4n) is 1.53. The molecule has 2 aromatic carbocycles. The molecule has 1 N–H and O–H groups in total. The van der Waals surface area contributed by atoms with E-state index >= 15 is 0 Å². The second kappa shape index (κ2) is 4.77. The predicted molar refractivity (Wildman–Crippen MR) is 67.5 cm³/mol. The van der Waals surface area contributed by atoms with Gasteiger partial charge in [-0.3, -0.25) is 4.72 Å². The molecule has 0 saturated heterocycles. The molecule has 0 bridgehead atoms. The number of benzene rings is 2. The highest BCUT2D eigenvalue weighted by Gasteiger charge is 1.93. The number of hydrogen-bond acceptors (Lipinski definition) is 2. The van der Waals surface area contributed by atoms with Crippen LogP contribution in [0.4, 0.5) is 0 Å². The van der Waals surface area contributed by atoms with Crippen LogP contribution in [0.15, 0.2) is 42.5 Å². The van der Waals surface area contributed by atoms with E-state index < -0.39 is 0 Å². The van der Waals surface area contributed by atoms with Gasteiger partial charge in [0.05, 0.1) is 0 Å². The summed E-state index contributed by atoms with van der Waals surface area (Å²) in [7, 11) is 0. The first-order chi connectivity index (χ1) is 7.40. The van der Waals surface area contributed by atoms with Crippen LogP contribution in [-0.4, -0.2) is 0 Å². The largest absolute Gasteiger partial charge is 0.292 e. The van der Waals surface area contributed by atoms with Crippen LogP contribution in [0.25, 0.3) is 10.8 Å². The zero-order valence-corrected chi connectivity index (χ0v) is 9.09. The average Bonchev–Trinajstić information content (AvgIpc) is 2.29. The molecular weight excluding hydrogens is 202 g/mol. The van der Waals surface area contributed by atoms with Gasteiger partial charge in [-0.2, -0.15) is 0 Å². The predicted octanol–water partition coefficient (Wildman–Crippen LogP) is 2.78. The molecule has 0 aromatic heterocycles. The molecule has 0 aliphatic heterocycles. The summed E-state index contributed by atoms with van der Waals surface area (Å²) < 4.78 is 2.51. The number of nitrogens with one attached hydrogen (secondary N) is 1. The van der Waals surface area contributed by atoms with E-state index in [0.29, 0.717) is 0 Å². The lowest BCUT2D eigenvalue weighted by molar-refractivity contribution is 1.32. The van der Waals surface area contributed by atoms with Crippen LogP contribution in [0.5, 0.6) is 0 Å². The molecule has 0 aliphatic carbocycles. The lowest BCUT2D eigenvalue weighted by Crippen LogP contribution is -1.85. The van der Waals surface area contributed by atoms with Gasteiger partial charge in [0.15, 0.2) is 0 Å². The Morgan fingerprint density at radius 3 is 2.67 bits per heavy atom. The van der Waals surface area contributed by atoms with E-state index in [4.69, 9.17) is 0 Å². The van der Waals surface area contributed by atoms with Gasteiger partial charge in [-0.05, 0) is 16.3 Å². The highest BCUT2D eigenvalue weighted by atomic mass is 32.1. The second-order valence-electron chi connectivity index (χ2n) is 3.27. The van der Waals surface area contributed by atoms with Gasteiger partial charge in [0, 0.05) is 12.5 Å². The third-order valence-electron chi connectivity index (χ3n) is 2.25. The number of thiol groups is 1. The Balaban J connectivity index is 2.30. The van der Waals surface area contributed by atoms with Crippen molar-refractivity contribution in [2.24, 2.45) is 0 Å². The highest BCUT2D eigenvalue weighted by molar-refractivity contribution is 7.78. The first-order valence-electron chi connectivity index (χ1n) is 4.75. The zero-order valence-electron chi connectivity index (χ0n) is 8.20. The Morgan fingerprint density at radius 2 is 1.87 bits per heavy atom. The van der Waals surface area contributed by atoms with Crippen LogP contribution in [0.1, 0.15) is 5.56 Å². The monoisotopic (exact) mass is 213 g/mol. The minimum Gasteiger partial charge on any atom is -0.292 e. The van der Waals surface area contributed by atoms with Gasteiger partial charge in [0.2, 0.25) is 0 Å². The standard InChI is InChI=1S/C13H11NS/c15-14-9-3-4-11-7-8-12-5-1-2-6-13(12)10-11/h1-2,5-8,10,14-15H,4H2. The Bertz CT molecular complexity index is 523. The van der Waals surface area contributed by atoms with Crippen LogP contribution in [0.2, 0.25) is 0 Å². The molecule has 0 atom stereocenters. The third-order valence-corrected chi connectivity index (χ3v) is 2.36. The van der Waals surface area contributed by atoms with Gasteiger partial charge >= 0.3 is 0 Å². The maximum absolute atomic E-state index is 3.80. The van der Waals surface area contributed by atoms with E-state index in [-0.39, 0.29) is 0 Å². The molecular formula is C13H11NS. The van der Waals surface area contributed by atoms with Crippen molar-refractivity contribution in [1.29, 1.82) is 0 Å². The Labute approximate surface area is 95.0 Å². The molecule has 0 radical (unpaired) electrons. The lowest BCUT2D eigenvalue weighted by atomic mass is 10.1. The van der Waals surface area contributed by atoms with E-state index in [0.717, 1.165) is 6.42 Å². The first kappa shape index (κ1) is 9.95. The average molecular weight is 213 g/mol.